The topological polar surface area (TPSA) is 79.3 Å². The van der Waals surface area contributed by atoms with E-state index in [1.165, 1.54) is 0 Å². The molecule has 0 radical (unpaired) electrons. The number of hydrogen-bond donors (Lipinski definition) is 2. The summed E-state index contributed by atoms with van der Waals surface area (Å²) in [6.45, 7) is 0.240. The van der Waals surface area contributed by atoms with Crippen LogP contribution in [0, 0.1) is 0 Å². The van der Waals surface area contributed by atoms with Gasteiger partial charge in [-0.3, -0.25) is 9.59 Å². The molecule has 0 fully saturated rings. The molecule has 0 unspecified atom stereocenters. The van der Waals surface area contributed by atoms with Gasteiger partial charge < -0.3 is 14.7 Å². The molecule has 0 aliphatic heterocycles. The van der Waals surface area contributed by atoms with Gasteiger partial charge in [0.15, 0.2) is 0 Å². The van der Waals surface area contributed by atoms with Gasteiger partial charge >= 0.3 is 0 Å². The minimum absolute atomic E-state index is 0.0882. The molecule has 4 rings (SSSR count). The van der Waals surface area contributed by atoms with E-state index in [0.717, 1.165) is 15.5 Å². The van der Waals surface area contributed by atoms with E-state index in [-0.39, 0.29) is 12.1 Å². The van der Waals surface area contributed by atoms with Crippen LogP contribution in [0.3, 0.4) is 0 Å². The van der Waals surface area contributed by atoms with Crippen molar-refractivity contribution in [3.63, 3.8) is 0 Å². The molecule has 0 saturated carbocycles. The molecule has 0 aliphatic carbocycles. The molecule has 4 aromatic rings. The van der Waals surface area contributed by atoms with E-state index in [4.69, 9.17) is 0 Å². The second kappa shape index (κ2) is 6.18. The summed E-state index contributed by atoms with van der Waals surface area (Å²) in [5, 5.41) is 3.56. The SMILES string of the molecule is O=C(NCc1cn2cc(Br)ccc2n1)c1cc2ccccc2[nH]c1=O. The average Bonchev–Trinajstić information content (AvgIpc) is 3.01. The van der Waals surface area contributed by atoms with E-state index in [0.29, 0.717) is 11.2 Å². The van der Waals surface area contributed by atoms with Crippen LogP contribution in [-0.4, -0.2) is 20.3 Å². The van der Waals surface area contributed by atoms with E-state index in [9.17, 15) is 9.59 Å². The van der Waals surface area contributed by atoms with Gasteiger partial charge in [0.25, 0.3) is 11.5 Å². The Kier molecular flexibility index (Phi) is 3.85. The summed E-state index contributed by atoms with van der Waals surface area (Å²) in [6, 6.07) is 12.7. The van der Waals surface area contributed by atoms with Crippen LogP contribution in [0.5, 0.6) is 0 Å². The Hall–Kier alpha value is -2.93. The maximum absolute atomic E-state index is 12.4. The Labute approximate surface area is 150 Å². The summed E-state index contributed by atoms with van der Waals surface area (Å²) in [5.41, 5.74) is 1.88. The first kappa shape index (κ1) is 15.6. The first-order valence-corrected chi connectivity index (χ1v) is 8.43. The van der Waals surface area contributed by atoms with Crippen LogP contribution in [0.15, 0.2) is 64.1 Å². The van der Waals surface area contributed by atoms with Crippen LogP contribution in [0.25, 0.3) is 16.6 Å². The fourth-order valence-electron chi connectivity index (χ4n) is 2.68. The highest BCUT2D eigenvalue weighted by atomic mass is 79.9. The van der Waals surface area contributed by atoms with Gasteiger partial charge in [-0.15, -0.1) is 0 Å². The number of imidazole rings is 1. The Bertz CT molecular complexity index is 1160. The number of amides is 1. The summed E-state index contributed by atoms with van der Waals surface area (Å²) < 4.78 is 2.81. The van der Waals surface area contributed by atoms with Crippen LogP contribution >= 0.6 is 15.9 Å². The number of rotatable bonds is 3. The molecule has 0 spiro atoms. The second-order valence-electron chi connectivity index (χ2n) is 5.63. The van der Waals surface area contributed by atoms with Crippen molar-refractivity contribution in [3.8, 4) is 0 Å². The fourth-order valence-corrected chi connectivity index (χ4v) is 3.04. The van der Waals surface area contributed by atoms with E-state index >= 15 is 0 Å². The number of carbonyl (C=O) groups excluding carboxylic acids is 1. The molecule has 1 amide bonds. The van der Waals surface area contributed by atoms with Crippen molar-refractivity contribution < 1.29 is 4.79 Å². The highest BCUT2D eigenvalue weighted by molar-refractivity contribution is 9.10. The molecule has 1 aromatic carbocycles. The average molecular weight is 397 g/mol. The van der Waals surface area contributed by atoms with Crippen molar-refractivity contribution in [3.05, 3.63) is 80.9 Å². The number of carbonyl (C=O) groups is 1. The number of nitrogens with zero attached hydrogens (tertiary/aromatic N) is 2. The van der Waals surface area contributed by atoms with Gasteiger partial charge in [-0.25, -0.2) is 4.98 Å². The van der Waals surface area contributed by atoms with Crippen molar-refractivity contribution in [1.82, 2.24) is 19.7 Å². The van der Waals surface area contributed by atoms with Crippen LogP contribution in [0.4, 0.5) is 0 Å². The van der Waals surface area contributed by atoms with Gasteiger partial charge in [-0.1, -0.05) is 18.2 Å². The lowest BCUT2D eigenvalue weighted by Gasteiger charge is -2.04. The first-order chi connectivity index (χ1) is 12.1. The lowest BCUT2D eigenvalue weighted by Crippen LogP contribution is -2.29. The quantitative estimate of drug-likeness (QED) is 0.558. The van der Waals surface area contributed by atoms with Crippen LogP contribution in [0.2, 0.25) is 0 Å². The molecular weight excluding hydrogens is 384 g/mol. The smallest absolute Gasteiger partial charge is 0.261 e. The van der Waals surface area contributed by atoms with Gasteiger partial charge in [0, 0.05) is 22.4 Å². The summed E-state index contributed by atoms with van der Waals surface area (Å²) in [5.74, 6) is -0.426. The highest BCUT2D eigenvalue weighted by Crippen LogP contribution is 2.13. The minimum Gasteiger partial charge on any atom is -0.346 e. The molecule has 3 aromatic heterocycles. The van der Waals surface area contributed by atoms with Gasteiger partial charge in [-0.05, 0) is 45.6 Å². The number of aromatic nitrogens is 3. The van der Waals surface area contributed by atoms with Crippen molar-refractivity contribution in [2.75, 3.05) is 0 Å². The van der Waals surface area contributed by atoms with Crippen molar-refractivity contribution >= 4 is 38.4 Å². The third-order valence-electron chi connectivity index (χ3n) is 3.89. The zero-order chi connectivity index (χ0) is 17.4. The maximum atomic E-state index is 12.4. The number of hydrogen-bond acceptors (Lipinski definition) is 3. The Morgan fingerprint density at radius 3 is 2.92 bits per heavy atom. The predicted molar refractivity (Wildman–Crippen MR) is 98.6 cm³/mol. The summed E-state index contributed by atoms with van der Waals surface area (Å²) in [6.07, 6.45) is 3.73. The van der Waals surface area contributed by atoms with E-state index < -0.39 is 11.5 Å². The van der Waals surface area contributed by atoms with Gasteiger partial charge in [-0.2, -0.15) is 0 Å². The highest BCUT2D eigenvalue weighted by Gasteiger charge is 2.12. The number of H-pyrrole nitrogens is 1. The molecule has 124 valence electrons. The van der Waals surface area contributed by atoms with Crippen molar-refractivity contribution in [2.45, 2.75) is 6.54 Å². The van der Waals surface area contributed by atoms with E-state index in [1.54, 1.807) is 12.1 Å². The number of pyridine rings is 2. The summed E-state index contributed by atoms with van der Waals surface area (Å²) in [7, 11) is 0. The number of aromatic amines is 1. The third-order valence-corrected chi connectivity index (χ3v) is 4.36. The number of nitrogens with one attached hydrogen (secondary N) is 2. The number of halogens is 1. The van der Waals surface area contributed by atoms with Gasteiger partial charge in [0.2, 0.25) is 0 Å². The molecule has 25 heavy (non-hydrogen) atoms. The lowest BCUT2D eigenvalue weighted by molar-refractivity contribution is 0.0949. The van der Waals surface area contributed by atoms with Crippen LogP contribution in [-0.2, 0) is 6.54 Å². The fraction of sp³-hybridized carbons (Fsp3) is 0.0556. The molecular formula is C18H13BrN4O2. The second-order valence-corrected chi connectivity index (χ2v) is 6.54. The Morgan fingerprint density at radius 2 is 2.04 bits per heavy atom. The molecule has 6 nitrogen and oxygen atoms in total. The summed E-state index contributed by atoms with van der Waals surface area (Å²) in [4.78, 5) is 31.7. The van der Waals surface area contributed by atoms with Gasteiger partial charge in [0.05, 0.1) is 12.2 Å². The molecule has 0 saturated heterocycles. The molecule has 7 heteroatoms. The van der Waals surface area contributed by atoms with E-state index in [2.05, 4.69) is 31.2 Å². The Balaban J connectivity index is 1.57. The largest absolute Gasteiger partial charge is 0.346 e. The number of benzene rings is 1. The maximum Gasteiger partial charge on any atom is 0.261 e. The lowest BCUT2D eigenvalue weighted by atomic mass is 10.1. The molecule has 0 aliphatic rings. The molecule has 0 bridgehead atoms. The number of para-hydroxylation sites is 1. The van der Waals surface area contributed by atoms with E-state index in [1.807, 2.05) is 47.1 Å². The molecule has 0 atom stereocenters. The van der Waals surface area contributed by atoms with Crippen LogP contribution in [0.1, 0.15) is 16.1 Å². The normalized spacial score (nSPS) is 11.1. The standard InChI is InChI=1S/C18H13BrN4O2/c19-12-5-6-16-21-13(10-23(16)9-12)8-20-17(24)14-7-11-3-1-2-4-15(11)22-18(14)25/h1-7,9-10H,8H2,(H,20,24)(H,22,25). The zero-order valence-electron chi connectivity index (χ0n) is 13.0. The first-order valence-electron chi connectivity index (χ1n) is 7.63. The monoisotopic (exact) mass is 396 g/mol. The molecule has 2 N–H and O–H groups in total. The van der Waals surface area contributed by atoms with Crippen LogP contribution < -0.4 is 10.9 Å². The minimum atomic E-state index is -0.426. The van der Waals surface area contributed by atoms with Gasteiger partial charge in [0.1, 0.15) is 11.2 Å². The Morgan fingerprint density at radius 1 is 1.20 bits per heavy atom. The summed E-state index contributed by atoms with van der Waals surface area (Å²) >= 11 is 3.41. The third kappa shape index (κ3) is 3.06. The molecule has 3 heterocycles. The van der Waals surface area contributed by atoms with Crippen molar-refractivity contribution in [2.24, 2.45) is 0 Å². The van der Waals surface area contributed by atoms with Crippen molar-refractivity contribution in [1.29, 1.82) is 0 Å². The zero-order valence-corrected chi connectivity index (χ0v) is 14.6. The predicted octanol–water partition coefficient (Wildman–Crippen LogP) is 2.87. The number of fused-ring (bicyclic) bond motifs is 2.